The summed E-state index contributed by atoms with van der Waals surface area (Å²) in [5, 5.41) is 3.82. The molecule has 0 aliphatic carbocycles. The van der Waals surface area contributed by atoms with E-state index in [9.17, 15) is 21.6 Å². The molecule has 1 unspecified atom stereocenters. The molecule has 1 aromatic carbocycles. The van der Waals surface area contributed by atoms with Gasteiger partial charge in [0, 0.05) is 29.4 Å². The zero-order chi connectivity index (χ0) is 22.9. The Kier molecular flexibility index (Phi) is 6.10. The minimum absolute atomic E-state index is 0.144. The predicted molar refractivity (Wildman–Crippen MR) is 107 cm³/mol. The van der Waals surface area contributed by atoms with Crippen molar-refractivity contribution >= 4 is 21.6 Å². The highest BCUT2D eigenvalue weighted by molar-refractivity contribution is 7.88. The molecule has 170 valence electrons. The summed E-state index contributed by atoms with van der Waals surface area (Å²) in [4.78, 5) is 7.34. The van der Waals surface area contributed by atoms with Gasteiger partial charge in [-0.05, 0) is 30.2 Å². The van der Waals surface area contributed by atoms with Crippen LogP contribution in [0.5, 0.6) is 5.88 Å². The minimum atomic E-state index is -4.73. The summed E-state index contributed by atoms with van der Waals surface area (Å²) in [6, 6.07) is 9.49. The van der Waals surface area contributed by atoms with E-state index in [1.807, 2.05) is 0 Å². The lowest BCUT2D eigenvalue weighted by atomic mass is 10.2. The Morgan fingerprint density at radius 3 is 2.56 bits per heavy atom. The maximum atomic E-state index is 12.7. The third-order valence-electron chi connectivity index (χ3n) is 4.71. The van der Waals surface area contributed by atoms with E-state index in [0.717, 1.165) is 0 Å². The molecule has 4 rings (SSSR count). The molecular weight excluding hydrogens is 473 g/mol. The van der Waals surface area contributed by atoms with Crippen molar-refractivity contribution < 1.29 is 30.8 Å². The highest BCUT2D eigenvalue weighted by Gasteiger charge is 2.38. The van der Waals surface area contributed by atoms with Gasteiger partial charge in [0.15, 0.2) is 0 Å². The van der Waals surface area contributed by atoms with Crippen LogP contribution in [0.3, 0.4) is 0 Å². The Labute approximate surface area is 186 Å². The topological polar surface area (TPSA) is 98.4 Å². The van der Waals surface area contributed by atoms with E-state index in [1.54, 1.807) is 24.3 Å². The van der Waals surface area contributed by atoms with Gasteiger partial charge in [-0.25, -0.2) is 13.4 Å². The maximum absolute atomic E-state index is 12.7. The molecule has 0 bridgehead atoms. The second-order valence-corrected chi connectivity index (χ2v) is 9.48. The van der Waals surface area contributed by atoms with Crippen molar-refractivity contribution in [1.29, 1.82) is 0 Å². The first-order chi connectivity index (χ1) is 15.1. The van der Waals surface area contributed by atoms with Gasteiger partial charge in [0.05, 0.1) is 12.3 Å². The SMILES string of the molecule is O=S(=O)(Cc1ccc(Cl)cc1)N1CCC(Oc2ccc(-c3noc(C(F)(F)F)n3)cn2)C1. The normalized spacial score (nSPS) is 17.6. The molecule has 2 aromatic heterocycles. The van der Waals surface area contributed by atoms with Crippen LogP contribution in [-0.2, 0) is 22.0 Å². The average molecular weight is 489 g/mol. The van der Waals surface area contributed by atoms with Gasteiger partial charge in [0.25, 0.3) is 0 Å². The van der Waals surface area contributed by atoms with Crippen LogP contribution in [0.1, 0.15) is 17.9 Å². The number of benzene rings is 1. The van der Waals surface area contributed by atoms with Crippen molar-refractivity contribution in [2.75, 3.05) is 13.1 Å². The highest BCUT2D eigenvalue weighted by atomic mass is 35.5. The lowest BCUT2D eigenvalue weighted by Crippen LogP contribution is -2.32. The van der Waals surface area contributed by atoms with Crippen LogP contribution in [0.25, 0.3) is 11.4 Å². The molecule has 1 saturated heterocycles. The Hall–Kier alpha value is -2.70. The van der Waals surface area contributed by atoms with E-state index in [4.69, 9.17) is 16.3 Å². The Morgan fingerprint density at radius 2 is 1.94 bits per heavy atom. The van der Waals surface area contributed by atoms with Gasteiger partial charge < -0.3 is 9.26 Å². The first-order valence-electron chi connectivity index (χ1n) is 9.36. The monoisotopic (exact) mass is 488 g/mol. The highest BCUT2D eigenvalue weighted by Crippen LogP contribution is 2.29. The largest absolute Gasteiger partial charge is 0.473 e. The number of aromatic nitrogens is 3. The molecule has 1 aliphatic rings. The number of nitrogens with zero attached hydrogens (tertiary/aromatic N) is 4. The number of halogens is 4. The Bertz CT molecular complexity index is 1180. The summed E-state index contributed by atoms with van der Waals surface area (Å²) < 4.78 is 74.4. The summed E-state index contributed by atoms with van der Waals surface area (Å²) in [5.74, 6) is -1.64. The van der Waals surface area contributed by atoms with Crippen molar-refractivity contribution in [2.45, 2.75) is 24.5 Å². The molecule has 1 fully saturated rings. The molecule has 13 heteroatoms. The lowest BCUT2D eigenvalue weighted by Gasteiger charge is -2.17. The molecule has 32 heavy (non-hydrogen) atoms. The number of hydrogen-bond donors (Lipinski definition) is 0. The van der Waals surface area contributed by atoms with E-state index in [2.05, 4.69) is 19.6 Å². The first-order valence-corrected chi connectivity index (χ1v) is 11.4. The van der Waals surface area contributed by atoms with Gasteiger partial charge in [-0.2, -0.15) is 22.5 Å². The van der Waals surface area contributed by atoms with Gasteiger partial charge in [0.1, 0.15) is 6.10 Å². The Morgan fingerprint density at radius 1 is 1.19 bits per heavy atom. The first kappa shape index (κ1) is 22.5. The van der Waals surface area contributed by atoms with Crippen LogP contribution < -0.4 is 4.74 Å². The van der Waals surface area contributed by atoms with Crippen molar-refractivity contribution in [3.05, 3.63) is 59.1 Å². The molecule has 3 heterocycles. The molecule has 0 amide bonds. The van der Waals surface area contributed by atoms with E-state index < -0.39 is 28.2 Å². The average Bonchev–Trinajstić information content (AvgIpc) is 3.40. The zero-order valence-electron chi connectivity index (χ0n) is 16.3. The van der Waals surface area contributed by atoms with Crippen LogP contribution in [0.4, 0.5) is 13.2 Å². The van der Waals surface area contributed by atoms with Crippen molar-refractivity contribution in [3.63, 3.8) is 0 Å². The van der Waals surface area contributed by atoms with Crippen LogP contribution >= 0.6 is 11.6 Å². The molecule has 8 nitrogen and oxygen atoms in total. The van der Waals surface area contributed by atoms with Crippen LogP contribution in [-0.4, -0.2) is 47.0 Å². The molecule has 1 atom stereocenters. The van der Waals surface area contributed by atoms with Gasteiger partial charge in [0.2, 0.25) is 21.7 Å². The maximum Gasteiger partial charge on any atom is 0.471 e. The molecule has 0 saturated carbocycles. The summed E-state index contributed by atoms with van der Waals surface area (Å²) in [7, 11) is -3.53. The molecule has 0 spiro atoms. The summed E-state index contributed by atoms with van der Waals surface area (Å²) >= 11 is 5.83. The predicted octanol–water partition coefficient (Wildman–Crippen LogP) is 3.79. The summed E-state index contributed by atoms with van der Waals surface area (Å²) in [5.41, 5.74) is 0.848. The fourth-order valence-corrected chi connectivity index (χ4v) is 4.84. The van der Waals surface area contributed by atoms with Gasteiger partial charge in [-0.1, -0.05) is 28.9 Å². The zero-order valence-corrected chi connectivity index (χ0v) is 17.9. The number of ether oxygens (including phenoxy) is 1. The van der Waals surface area contributed by atoms with Gasteiger partial charge in [-0.15, -0.1) is 0 Å². The van der Waals surface area contributed by atoms with Crippen LogP contribution in [0, 0.1) is 0 Å². The number of pyridine rings is 1. The summed E-state index contributed by atoms with van der Waals surface area (Å²) in [6.45, 7) is 0.473. The molecule has 0 N–H and O–H groups in total. The van der Waals surface area contributed by atoms with E-state index in [-0.39, 0.29) is 29.6 Å². The van der Waals surface area contributed by atoms with Crippen molar-refractivity contribution in [2.24, 2.45) is 0 Å². The number of rotatable bonds is 6. The number of hydrogen-bond acceptors (Lipinski definition) is 7. The third kappa shape index (κ3) is 5.19. The van der Waals surface area contributed by atoms with E-state index in [1.165, 1.54) is 22.6 Å². The third-order valence-corrected chi connectivity index (χ3v) is 6.78. The second kappa shape index (κ2) is 8.68. The quantitative estimate of drug-likeness (QED) is 0.520. The van der Waals surface area contributed by atoms with Crippen molar-refractivity contribution in [1.82, 2.24) is 19.4 Å². The number of alkyl halides is 3. The van der Waals surface area contributed by atoms with Crippen molar-refractivity contribution in [3.8, 4) is 17.3 Å². The van der Waals surface area contributed by atoms with Crippen LogP contribution in [0.2, 0.25) is 5.02 Å². The molecule has 0 radical (unpaired) electrons. The molecule has 3 aromatic rings. The fourth-order valence-electron chi connectivity index (χ4n) is 3.14. The van der Waals surface area contributed by atoms with Gasteiger partial charge in [-0.3, -0.25) is 0 Å². The lowest BCUT2D eigenvalue weighted by molar-refractivity contribution is -0.159. The fraction of sp³-hybridized carbons (Fsp3) is 0.316. The molecule has 1 aliphatic heterocycles. The van der Waals surface area contributed by atoms with Crippen LogP contribution in [0.15, 0.2) is 47.1 Å². The summed E-state index contributed by atoms with van der Waals surface area (Å²) in [6.07, 6.45) is -3.41. The second-order valence-electron chi connectivity index (χ2n) is 7.08. The smallest absolute Gasteiger partial charge is 0.471 e. The Balaban J connectivity index is 1.36. The van der Waals surface area contributed by atoms with E-state index >= 15 is 0 Å². The van der Waals surface area contributed by atoms with E-state index in [0.29, 0.717) is 23.6 Å². The standard InChI is InChI=1S/C19H16ClF3N4O4S/c20-14-4-1-12(2-5-14)11-32(28,29)27-8-7-15(10-27)30-16-6-3-13(9-24-16)17-25-18(31-26-17)19(21,22)23/h1-6,9,15H,7-8,10-11H2. The minimum Gasteiger partial charge on any atom is -0.473 e. The molecular formula is C19H16ClF3N4O4S. The number of sulfonamides is 1. The van der Waals surface area contributed by atoms with Gasteiger partial charge >= 0.3 is 12.1 Å².